The van der Waals surface area contributed by atoms with Crippen molar-refractivity contribution in [3.63, 3.8) is 0 Å². The van der Waals surface area contributed by atoms with Crippen LogP contribution in [0.2, 0.25) is 0 Å². The maximum absolute atomic E-state index is 11.5. The van der Waals surface area contributed by atoms with Crippen LogP contribution >= 0.6 is 0 Å². The molecule has 0 amide bonds. The lowest BCUT2D eigenvalue weighted by atomic mass is 10.1. The van der Waals surface area contributed by atoms with Crippen LogP contribution in [-0.4, -0.2) is 0 Å². The molecule has 1 aromatic carbocycles. The van der Waals surface area contributed by atoms with Crippen molar-refractivity contribution < 1.29 is 4.39 Å². The molecule has 0 fully saturated rings. The number of rotatable bonds is 4. The molecule has 0 unspecified atom stereocenters. The molecule has 0 aromatic heterocycles. The predicted octanol–water partition coefficient (Wildman–Crippen LogP) is 3.49. The average molecular weight is 164 g/mol. The number of hydrogen-bond acceptors (Lipinski definition) is 0. The fourth-order valence-corrected chi connectivity index (χ4v) is 1.13. The van der Waals surface area contributed by atoms with E-state index in [0.717, 1.165) is 19.3 Å². The molecule has 0 atom stereocenters. The maximum atomic E-state index is 11.5. The third-order valence-electron chi connectivity index (χ3n) is 1.77. The zero-order valence-corrected chi connectivity index (χ0v) is 7.04. The molecule has 0 nitrogen and oxygen atoms in total. The Bertz CT molecular complexity index is 226. The number of halogens is 1. The molecule has 0 saturated heterocycles. The van der Waals surface area contributed by atoms with Gasteiger partial charge >= 0.3 is 0 Å². The van der Waals surface area contributed by atoms with Gasteiger partial charge in [0.15, 0.2) is 0 Å². The zero-order chi connectivity index (χ0) is 8.65. The molecule has 0 spiro atoms. The molecule has 64 valence electrons. The van der Waals surface area contributed by atoms with Crippen LogP contribution in [0, 0.1) is 0 Å². The van der Waals surface area contributed by atoms with Crippen LogP contribution in [0.1, 0.15) is 18.4 Å². The second-order valence-electron chi connectivity index (χ2n) is 2.74. The number of benzene rings is 1. The van der Waals surface area contributed by atoms with Crippen molar-refractivity contribution in [2.45, 2.75) is 19.3 Å². The molecule has 0 radical (unpaired) electrons. The fraction of sp³-hybridized carbons (Fsp3) is 0.273. The smallest absolute Gasteiger partial charge is 0.0827 e. The third kappa shape index (κ3) is 3.33. The molecule has 12 heavy (non-hydrogen) atoms. The van der Waals surface area contributed by atoms with Crippen molar-refractivity contribution in [3.8, 4) is 0 Å². The Balaban J connectivity index is 2.24. The predicted molar refractivity (Wildman–Crippen MR) is 49.6 cm³/mol. The highest BCUT2D eigenvalue weighted by Gasteiger charge is 1.88. The Morgan fingerprint density at radius 1 is 1.17 bits per heavy atom. The van der Waals surface area contributed by atoms with Crippen LogP contribution in [0.4, 0.5) is 4.39 Å². The highest BCUT2D eigenvalue weighted by atomic mass is 19.1. The molecular weight excluding hydrogens is 151 g/mol. The highest BCUT2D eigenvalue weighted by Crippen LogP contribution is 2.04. The Labute approximate surface area is 72.7 Å². The number of allylic oxidation sites excluding steroid dienone is 1. The van der Waals surface area contributed by atoms with Gasteiger partial charge in [0.25, 0.3) is 0 Å². The van der Waals surface area contributed by atoms with Gasteiger partial charge in [-0.25, -0.2) is 4.39 Å². The van der Waals surface area contributed by atoms with E-state index in [4.69, 9.17) is 0 Å². The highest BCUT2D eigenvalue weighted by molar-refractivity contribution is 5.14. The third-order valence-corrected chi connectivity index (χ3v) is 1.77. The summed E-state index contributed by atoms with van der Waals surface area (Å²) < 4.78 is 11.5. The van der Waals surface area contributed by atoms with Gasteiger partial charge in [-0.15, -0.1) is 0 Å². The lowest BCUT2D eigenvalue weighted by Gasteiger charge is -1.97. The first-order valence-corrected chi connectivity index (χ1v) is 4.22. The minimum Gasteiger partial charge on any atom is -0.216 e. The summed E-state index contributed by atoms with van der Waals surface area (Å²) >= 11 is 0. The van der Waals surface area contributed by atoms with Crippen molar-refractivity contribution in [1.82, 2.24) is 0 Å². The van der Waals surface area contributed by atoms with E-state index in [9.17, 15) is 4.39 Å². The van der Waals surface area contributed by atoms with Gasteiger partial charge in [-0.05, 0) is 24.8 Å². The van der Waals surface area contributed by atoms with E-state index in [2.05, 4.69) is 12.1 Å². The Hall–Kier alpha value is -1.11. The number of aryl methyl sites for hydroxylation is 1. The van der Waals surface area contributed by atoms with E-state index in [1.807, 2.05) is 18.2 Å². The first-order valence-electron chi connectivity index (χ1n) is 4.22. The van der Waals surface area contributed by atoms with E-state index in [0.29, 0.717) is 6.33 Å². The van der Waals surface area contributed by atoms with Crippen molar-refractivity contribution in [2.75, 3.05) is 0 Å². The van der Waals surface area contributed by atoms with Gasteiger partial charge in [-0.1, -0.05) is 36.4 Å². The van der Waals surface area contributed by atoms with Crippen LogP contribution in [0.25, 0.3) is 0 Å². The number of hydrogen-bond donors (Lipinski definition) is 0. The number of unbranched alkanes of at least 4 members (excludes halogenated alkanes) is 1. The van der Waals surface area contributed by atoms with Crippen molar-refractivity contribution in [3.05, 3.63) is 48.3 Å². The van der Waals surface area contributed by atoms with Gasteiger partial charge in [0.1, 0.15) is 0 Å². The average Bonchev–Trinajstić information content (AvgIpc) is 2.14. The molecule has 0 aliphatic heterocycles. The summed E-state index contributed by atoms with van der Waals surface area (Å²) in [6, 6.07) is 10.3. The van der Waals surface area contributed by atoms with Crippen LogP contribution in [0.5, 0.6) is 0 Å². The Morgan fingerprint density at radius 2 is 1.92 bits per heavy atom. The van der Waals surface area contributed by atoms with Crippen molar-refractivity contribution >= 4 is 0 Å². The monoisotopic (exact) mass is 164 g/mol. The molecule has 0 aliphatic carbocycles. The van der Waals surface area contributed by atoms with Gasteiger partial charge in [-0.3, -0.25) is 0 Å². The SMILES string of the molecule is F/C=C\CCCc1ccccc1. The summed E-state index contributed by atoms with van der Waals surface area (Å²) in [4.78, 5) is 0. The summed E-state index contributed by atoms with van der Waals surface area (Å²) in [6.45, 7) is 0. The second kappa shape index (κ2) is 5.53. The molecule has 1 aromatic rings. The topological polar surface area (TPSA) is 0 Å². The van der Waals surface area contributed by atoms with E-state index in [1.54, 1.807) is 6.08 Å². The molecule has 0 heterocycles. The van der Waals surface area contributed by atoms with Crippen LogP contribution in [0.15, 0.2) is 42.7 Å². The molecule has 0 aliphatic rings. The first-order chi connectivity index (χ1) is 5.93. The Morgan fingerprint density at radius 3 is 2.58 bits per heavy atom. The summed E-state index contributed by atoms with van der Waals surface area (Å²) in [7, 11) is 0. The van der Waals surface area contributed by atoms with E-state index < -0.39 is 0 Å². The minimum absolute atomic E-state index is 0.616. The van der Waals surface area contributed by atoms with Gasteiger partial charge in [0.05, 0.1) is 6.33 Å². The summed E-state index contributed by atoms with van der Waals surface area (Å²) in [5.41, 5.74) is 1.32. The van der Waals surface area contributed by atoms with Crippen LogP contribution < -0.4 is 0 Å². The molecule has 1 rings (SSSR count). The van der Waals surface area contributed by atoms with E-state index >= 15 is 0 Å². The lowest BCUT2D eigenvalue weighted by Crippen LogP contribution is -1.82. The molecule has 1 heteroatoms. The summed E-state index contributed by atoms with van der Waals surface area (Å²) in [6.07, 6.45) is 5.05. The molecular formula is C11H13F. The largest absolute Gasteiger partial charge is 0.216 e. The lowest BCUT2D eigenvalue weighted by molar-refractivity contribution is 0.708. The van der Waals surface area contributed by atoms with E-state index in [-0.39, 0.29) is 0 Å². The van der Waals surface area contributed by atoms with Gasteiger partial charge in [-0.2, -0.15) is 0 Å². The Kier molecular flexibility index (Phi) is 4.14. The summed E-state index contributed by atoms with van der Waals surface area (Å²) in [5, 5.41) is 0. The quantitative estimate of drug-likeness (QED) is 0.597. The normalized spacial score (nSPS) is 10.8. The zero-order valence-electron chi connectivity index (χ0n) is 7.04. The second-order valence-corrected chi connectivity index (χ2v) is 2.74. The van der Waals surface area contributed by atoms with Crippen molar-refractivity contribution in [2.24, 2.45) is 0 Å². The summed E-state index contributed by atoms with van der Waals surface area (Å²) in [5.74, 6) is 0. The van der Waals surface area contributed by atoms with Gasteiger partial charge in [0.2, 0.25) is 0 Å². The maximum Gasteiger partial charge on any atom is 0.0827 e. The molecule has 0 N–H and O–H groups in total. The standard InChI is InChI=1S/C11H13F/c12-10-6-2-5-9-11-7-3-1-4-8-11/h1,3-4,6-8,10H,2,5,9H2/b10-6-. The van der Waals surface area contributed by atoms with Gasteiger partial charge in [0, 0.05) is 0 Å². The van der Waals surface area contributed by atoms with Crippen LogP contribution in [0.3, 0.4) is 0 Å². The molecule has 0 bridgehead atoms. The minimum atomic E-state index is 0.616. The van der Waals surface area contributed by atoms with Crippen LogP contribution in [-0.2, 0) is 6.42 Å². The van der Waals surface area contributed by atoms with Gasteiger partial charge < -0.3 is 0 Å². The first kappa shape index (κ1) is 8.98. The van der Waals surface area contributed by atoms with Crippen molar-refractivity contribution in [1.29, 1.82) is 0 Å². The molecule has 0 saturated carbocycles. The fourth-order valence-electron chi connectivity index (χ4n) is 1.13. The van der Waals surface area contributed by atoms with E-state index in [1.165, 1.54) is 5.56 Å².